The van der Waals surface area contributed by atoms with Gasteiger partial charge in [-0.15, -0.1) is 0 Å². The van der Waals surface area contributed by atoms with Crippen molar-refractivity contribution in [1.29, 1.82) is 0 Å². The van der Waals surface area contributed by atoms with E-state index in [1.54, 1.807) is 0 Å². The van der Waals surface area contributed by atoms with Gasteiger partial charge >= 0.3 is 5.97 Å². The van der Waals surface area contributed by atoms with Crippen molar-refractivity contribution in [3.8, 4) is 0 Å². The minimum Gasteiger partial charge on any atom is -0.465 e. The molecule has 0 amide bonds. The molecule has 4 heteroatoms. The summed E-state index contributed by atoms with van der Waals surface area (Å²) in [6, 6.07) is 5.69. The molecule has 18 heavy (non-hydrogen) atoms. The third kappa shape index (κ3) is 2.43. The van der Waals surface area contributed by atoms with Gasteiger partial charge in [0.05, 0.1) is 12.7 Å². The van der Waals surface area contributed by atoms with Gasteiger partial charge in [-0.1, -0.05) is 12.2 Å². The fourth-order valence-electron chi connectivity index (χ4n) is 1.88. The van der Waals surface area contributed by atoms with Gasteiger partial charge in [-0.2, -0.15) is 0 Å². The van der Waals surface area contributed by atoms with E-state index in [0.29, 0.717) is 12.1 Å². The van der Waals surface area contributed by atoms with Crippen molar-refractivity contribution < 1.29 is 9.53 Å². The first-order chi connectivity index (χ1) is 8.76. The Morgan fingerprint density at radius 2 is 2.33 bits per heavy atom. The molecule has 94 valence electrons. The Balaban J connectivity index is 2.47. The number of rotatable bonds is 4. The lowest BCUT2D eigenvalue weighted by Crippen LogP contribution is -2.02. The van der Waals surface area contributed by atoms with Crippen LogP contribution in [0.5, 0.6) is 0 Å². The molecule has 0 unspecified atom stereocenters. The van der Waals surface area contributed by atoms with Gasteiger partial charge in [0.25, 0.3) is 0 Å². The van der Waals surface area contributed by atoms with Crippen molar-refractivity contribution in [1.82, 2.24) is 4.98 Å². The van der Waals surface area contributed by atoms with Crippen molar-refractivity contribution in [3.05, 3.63) is 41.6 Å². The molecule has 2 aromatic rings. The van der Waals surface area contributed by atoms with E-state index in [1.807, 2.05) is 36.5 Å². The fraction of sp³-hybridized carbons (Fsp3) is 0.214. The van der Waals surface area contributed by atoms with Crippen molar-refractivity contribution >= 4 is 22.9 Å². The molecule has 4 nitrogen and oxygen atoms in total. The number of nitrogens with one attached hydrogen (secondary N) is 1. The molecule has 0 spiro atoms. The van der Waals surface area contributed by atoms with E-state index < -0.39 is 0 Å². The van der Waals surface area contributed by atoms with Crippen molar-refractivity contribution in [2.75, 3.05) is 13.7 Å². The van der Waals surface area contributed by atoms with E-state index in [0.717, 1.165) is 22.9 Å². The zero-order valence-corrected chi connectivity index (χ0v) is 10.3. The third-order valence-corrected chi connectivity index (χ3v) is 2.74. The number of benzene rings is 1. The van der Waals surface area contributed by atoms with Crippen LogP contribution in [0.25, 0.3) is 17.0 Å². The molecule has 0 aliphatic heterocycles. The average molecular weight is 244 g/mol. The van der Waals surface area contributed by atoms with Crippen LogP contribution in [0, 0.1) is 0 Å². The van der Waals surface area contributed by atoms with E-state index in [2.05, 4.69) is 4.98 Å². The molecule has 0 aliphatic rings. The first-order valence-corrected chi connectivity index (χ1v) is 5.82. The number of esters is 1. The lowest BCUT2D eigenvalue weighted by Gasteiger charge is -2.03. The summed E-state index contributed by atoms with van der Waals surface area (Å²) in [6.45, 7) is 0.616. The highest BCUT2D eigenvalue weighted by Gasteiger charge is 2.11. The summed E-state index contributed by atoms with van der Waals surface area (Å²) in [7, 11) is 1.39. The Hall–Kier alpha value is -2.07. The average Bonchev–Trinajstić information content (AvgIpc) is 2.85. The molecule has 0 atom stereocenters. The minimum atomic E-state index is -0.325. The first kappa shape index (κ1) is 12.4. The molecule has 0 aliphatic carbocycles. The van der Waals surface area contributed by atoms with Crippen LogP contribution in [0.1, 0.15) is 22.3 Å². The summed E-state index contributed by atoms with van der Waals surface area (Å²) in [5.41, 5.74) is 7.89. The molecular weight excluding hydrogens is 228 g/mol. The number of hydrogen-bond donors (Lipinski definition) is 2. The van der Waals surface area contributed by atoms with Crippen LogP contribution in [0.2, 0.25) is 0 Å². The highest BCUT2D eigenvalue weighted by Crippen LogP contribution is 2.21. The van der Waals surface area contributed by atoms with E-state index in [4.69, 9.17) is 10.5 Å². The molecule has 1 aromatic carbocycles. The third-order valence-electron chi connectivity index (χ3n) is 2.74. The minimum absolute atomic E-state index is 0.325. The number of aromatic amines is 1. The van der Waals surface area contributed by atoms with E-state index in [1.165, 1.54) is 7.11 Å². The molecule has 3 N–H and O–H groups in total. The van der Waals surface area contributed by atoms with Gasteiger partial charge in [0, 0.05) is 17.1 Å². The Morgan fingerprint density at radius 3 is 3.06 bits per heavy atom. The number of aromatic nitrogens is 1. The number of hydrogen-bond acceptors (Lipinski definition) is 3. The molecule has 2 rings (SSSR count). The Bertz CT molecular complexity index is 584. The zero-order valence-electron chi connectivity index (χ0n) is 10.3. The van der Waals surface area contributed by atoms with E-state index in [9.17, 15) is 4.79 Å². The second-order valence-corrected chi connectivity index (χ2v) is 3.98. The maximum Gasteiger partial charge on any atom is 0.338 e. The summed E-state index contributed by atoms with van der Waals surface area (Å²) in [4.78, 5) is 14.8. The van der Waals surface area contributed by atoms with Crippen LogP contribution in [0.15, 0.2) is 30.5 Å². The zero-order chi connectivity index (χ0) is 13.0. The topological polar surface area (TPSA) is 68.1 Å². The maximum absolute atomic E-state index is 11.7. The van der Waals surface area contributed by atoms with Crippen molar-refractivity contribution in [2.45, 2.75) is 6.42 Å². The molecule has 1 heterocycles. The lowest BCUT2D eigenvalue weighted by atomic mass is 10.1. The number of carbonyl (C=O) groups is 1. The SMILES string of the molecule is COC(=O)c1cc(C=CCCN)cc2[nH]ccc12. The summed E-state index contributed by atoms with van der Waals surface area (Å²) < 4.78 is 4.80. The van der Waals surface area contributed by atoms with Gasteiger partial charge in [-0.05, 0) is 36.7 Å². The quantitative estimate of drug-likeness (QED) is 0.811. The van der Waals surface area contributed by atoms with Gasteiger partial charge in [-0.3, -0.25) is 0 Å². The van der Waals surface area contributed by atoms with Crippen molar-refractivity contribution in [3.63, 3.8) is 0 Å². The smallest absolute Gasteiger partial charge is 0.338 e. The number of methoxy groups -OCH3 is 1. The van der Waals surface area contributed by atoms with Gasteiger partial charge in [0.2, 0.25) is 0 Å². The molecule has 0 saturated carbocycles. The predicted molar refractivity (Wildman–Crippen MR) is 72.3 cm³/mol. The van der Waals surface area contributed by atoms with Crippen molar-refractivity contribution in [2.24, 2.45) is 5.73 Å². The number of carbonyl (C=O) groups excluding carboxylic acids is 1. The monoisotopic (exact) mass is 244 g/mol. The molecule has 0 fully saturated rings. The summed E-state index contributed by atoms with van der Waals surface area (Å²) >= 11 is 0. The Morgan fingerprint density at radius 1 is 1.50 bits per heavy atom. The van der Waals surface area contributed by atoms with Crippen LogP contribution in [0.4, 0.5) is 0 Å². The number of H-pyrrole nitrogens is 1. The maximum atomic E-state index is 11.7. The standard InChI is InChI=1S/C14H16N2O2/c1-18-14(17)12-8-10(4-2-3-6-15)9-13-11(12)5-7-16-13/h2,4-5,7-9,16H,3,6,15H2,1H3. The molecule has 0 bridgehead atoms. The Labute approximate surface area is 105 Å². The second kappa shape index (κ2) is 5.51. The second-order valence-electron chi connectivity index (χ2n) is 3.98. The van der Waals surface area contributed by atoms with Gasteiger partial charge < -0.3 is 15.5 Å². The van der Waals surface area contributed by atoms with Crippen LogP contribution >= 0.6 is 0 Å². The highest BCUT2D eigenvalue weighted by molar-refractivity contribution is 6.04. The molecule has 0 radical (unpaired) electrons. The summed E-state index contributed by atoms with van der Waals surface area (Å²) in [5.74, 6) is -0.325. The summed E-state index contributed by atoms with van der Waals surface area (Å²) in [6.07, 6.45) is 6.57. The predicted octanol–water partition coefficient (Wildman–Crippen LogP) is 2.32. The largest absolute Gasteiger partial charge is 0.465 e. The van der Waals surface area contributed by atoms with Crippen LogP contribution in [-0.2, 0) is 4.74 Å². The highest BCUT2D eigenvalue weighted by atomic mass is 16.5. The molecule has 0 saturated heterocycles. The number of ether oxygens (including phenoxy) is 1. The molecule has 1 aromatic heterocycles. The Kier molecular flexibility index (Phi) is 3.79. The van der Waals surface area contributed by atoms with Crippen LogP contribution < -0.4 is 5.73 Å². The van der Waals surface area contributed by atoms with Gasteiger partial charge in [0.1, 0.15) is 0 Å². The van der Waals surface area contributed by atoms with Crippen LogP contribution in [0.3, 0.4) is 0 Å². The normalized spacial score (nSPS) is 11.2. The fourth-order valence-corrected chi connectivity index (χ4v) is 1.88. The molecular formula is C14H16N2O2. The number of nitrogens with two attached hydrogens (primary N) is 1. The van der Waals surface area contributed by atoms with E-state index in [-0.39, 0.29) is 5.97 Å². The first-order valence-electron chi connectivity index (χ1n) is 5.82. The van der Waals surface area contributed by atoms with Gasteiger partial charge in [0.15, 0.2) is 0 Å². The van der Waals surface area contributed by atoms with Gasteiger partial charge in [-0.25, -0.2) is 4.79 Å². The van der Waals surface area contributed by atoms with Crippen LogP contribution in [-0.4, -0.2) is 24.6 Å². The number of fused-ring (bicyclic) bond motifs is 1. The lowest BCUT2D eigenvalue weighted by molar-refractivity contribution is 0.0603. The summed E-state index contributed by atoms with van der Waals surface area (Å²) in [5, 5.41) is 0.873. The van der Waals surface area contributed by atoms with E-state index >= 15 is 0 Å².